The molecule has 0 bridgehead atoms. The molecule has 1 spiro atoms. The Kier molecular flexibility index (Phi) is 4.34. The summed E-state index contributed by atoms with van der Waals surface area (Å²) in [5.41, 5.74) is 2.63. The van der Waals surface area contributed by atoms with E-state index in [0.717, 1.165) is 17.0 Å². The van der Waals surface area contributed by atoms with Crippen LogP contribution in [0.1, 0.15) is 44.9 Å². The van der Waals surface area contributed by atoms with Crippen molar-refractivity contribution in [1.29, 1.82) is 0 Å². The Bertz CT molecular complexity index is 676. The van der Waals surface area contributed by atoms with Gasteiger partial charge in [0.2, 0.25) is 0 Å². The van der Waals surface area contributed by atoms with E-state index < -0.39 is 22.2 Å². The number of amides is 1. The van der Waals surface area contributed by atoms with Crippen molar-refractivity contribution in [3.63, 3.8) is 0 Å². The Morgan fingerprint density at radius 3 is 2.67 bits per heavy atom. The minimum atomic E-state index is -1.33. The van der Waals surface area contributed by atoms with Gasteiger partial charge in [0.1, 0.15) is 16.1 Å². The maximum atomic E-state index is 12.6. The van der Waals surface area contributed by atoms with Crippen LogP contribution in [0, 0.1) is 0 Å². The van der Waals surface area contributed by atoms with Gasteiger partial charge in [0.05, 0.1) is 16.8 Å². The predicted molar refractivity (Wildman–Crippen MR) is 93.8 cm³/mol. The van der Waals surface area contributed by atoms with Gasteiger partial charge in [0, 0.05) is 25.7 Å². The van der Waals surface area contributed by atoms with Crippen LogP contribution >= 0.6 is 0 Å². The zero-order valence-electron chi connectivity index (χ0n) is 14.3. The van der Waals surface area contributed by atoms with Crippen molar-refractivity contribution in [2.75, 3.05) is 13.1 Å². The van der Waals surface area contributed by atoms with E-state index in [-0.39, 0.29) is 5.41 Å². The highest BCUT2D eigenvalue weighted by molar-refractivity contribution is 7.91. The van der Waals surface area contributed by atoms with E-state index in [1.807, 2.05) is 32.9 Å². The minimum absolute atomic E-state index is 0.372. The molecule has 0 radical (unpaired) electrons. The van der Waals surface area contributed by atoms with E-state index in [9.17, 15) is 14.5 Å². The fourth-order valence-electron chi connectivity index (χ4n) is 3.46. The fourth-order valence-corrected chi connectivity index (χ4v) is 4.17. The van der Waals surface area contributed by atoms with Crippen molar-refractivity contribution < 1.29 is 14.5 Å². The molecule has 1 fully saturated rings. The summed E-state index contributed by atoms with van der Waals surface area (Å²) >= 11 is -1.33. The second-order valence-corrected chi connectivity index (χ2v) is 9.34. The standard InChI is InChI=1S/C17H23N3O3S/c1-16(2,3)24(23)19-13-11-12-5-4-8-18-14(12)17(13)6-9-20(10-7-17)15(21)22/h4-5,8H,6-7,9-11H2,1-3H3,(H,21,22)/b19-13-. The van der Waals surface area contributed by atoms with Gasteiger partial charge in [-0.05, 0) is 45.2 Å². The minimum Gasteiger partial charge on any atom is -0.591 e. The molecule has 3 rings (SSSR count). The fraction of sp³-hybridized carbons (Fsp3) is 0.588. The summed E-state index contributed by atoms with van der Waals surface area (Å²) < 4.78 is 16.7. The summed E-state index contributed by atoms with van der Waals surface area (Å²) in [6, 6.07) is 3.94. The molecule has 7 heteroatoms. The number of fused-ring (bicyclic) bond motifs is 2. The Morgan fingerprint density at radius 2 is 2.08 bits per heavy atom. The average Bonchev–Trinajstić information content (AvgIpc) is 2.81. The van der Waals surface area contributed by atoms with Crippen LogP contribution in [-0.2, 0) is 23.2 Å². The van der Waals surface area contributed by atoms with Crippen LogP contribution < -0.4 is 0 Å². The lowest BCUT2D eigenvalue weighted by molar-refractivity contribution is 0.126. The second kappa shape index (κ2) is 6.04. The highest BCUT2D eigenvalue weighted by Gasteiger charge is 2.49. The first-order chi connectivity index (χ1) is 11.2. The molecule has 1 aromatic rings. The van der Waals surface area contributed by atoms with Crippen molar-refractivity contribution in [2.45, 2.75) is 50.2 Å². The lowest BCUT2D eigenvalue weighted by atomic mass is 9.75. The molecule has 1 unspecified atom stereocenters. The SMILES string of the molecule is CC(C)(C)[S+]([O-])/N=C1/Cc2cccnc2C12CCN(C(=O)O)CC2. The van der Waals surface area contributed by atoms with Crippen molar-refractivity contribution in [3.05, 3.63) is 29.6 Å². The lowest BCUT2D eigenvalue weighted by Gasteiger charge is -2.38. The molecule has 2 aliphatic rings. The molecule has 1 amide bonds. The summed E-state index contributed by atoms with van der Waals surface area (Å²) in [5.74, 6) is 0. The van der Waals surface area contributed by atoms with Crippen LogP contribution in [0.2, 0.25) is 0 Å². The van der Waals surface area contributed by atoms with Crippen LogP contribution in [0.25, 0.3) is 0 Å². The van der Waals surface area contributed by atoms with E-state index >= 15 is 0 Å². The van der Waals surface area contributed by atoms with E-state index in [0.29, 0.717) is 32.4 Å². The molecule has 130 valence electrons. The van der Waals surface area contributed by atoms with Gasteiger partial charge in [0.25, 0.3) is 0 Å². The predicted octanol–water partition coefficient (Wildman–Crippen LogP) is 2.55. The van der Waals surface area contributed by atoms with Crippen LogP contribution in [0.5, 0.6) is 0 Å². The van der Waals surface area contributed by atoms with Gasteiger partial charge in [-0.2, -0.15) is 0 Å². The molecular formula is C17H23N3O3S. The summed E-state index contributed by atoms with van der Waals surface area (Å²) in [7, 11) is 0. The molecular weight excluding hydrogens is 326 g/mol. The highest BCUT2D eigenvalue weighted by Crippen LogP contribution is 2.44. The van der Waals surface area contributed by atoms with Gasteiger partial charge in [-0.25, -0.2) is 4.79 Å². The topological polar surface area (TPSA) is 88.9 Å². The average molecular weight is 349 g/mol. The van der Waals surface area contributed by atoms with E-state index in [1.54, 1.807) is 6.20 Å². The van der Waals surface area contributed by atoms with E-state index in [1.165, 1.54) is 4.90 Å². The monoisotopic (exact) mass is 349 g/mol. The first-order valence-corrected chi connectivity index (χ1v) is 9.27. The maximum Gasteiger partial charge on any atom is 0.407 e. The maximum absolute atomic E-state index is 12.6. The largest absolute Gasteiger partial charge is 0.591 e. The summed E-state index contributed by atoms with van der Waals surface area (Å²) in [4.78, 5) is 17.2. The van der Waals surface area contributed by atoms with Gasteiger partial charge < -0.3 is 14.6 Å². The Morgan fingerprint density at radius 1 is 1.42 bits per heavy atom. The molecule has 0 saturated carbocycles. The Balaban J connectivity index is 1.99. The first kappa shape index (κ1) is 17.2. The smallest absolute Gasteiger partial charge is 0.407 e. The number of carboxylic acid groups (broad SMARTS) is 1. The van der Waals surface area contributed by atoms with Gasteiger partial charge in [-0.1, -0.05) is 10.5 Å². The van der Waals surface area contributed by atoms with Crippen molar-refractivity contribution in [1.82, 2.24) is 9.88 Å². The molecule has 1 aliphatic carbocycles. The summed E-state index contributed by atoms with van der Waals surface area (Å²) in [6.07, 6.45) is 2.82. The summed E-state index contributed by atoms with van der Waals surface area (Å²) in [6.45, 7) is 6.63. The van der Waals surface area contributed by atoms with Crippen molar-refractivity contribution >= 4 is 23.2 Å². The normalized spacial score (nSPS) is 22.7. The molecule has 1 aliphatic heterocycles. The lowest BCUT2D eigenvalue weighted by Crippen LogP contribution is -2.48. The quantitative estimate of drug-likeness (QED) is 0.789. The number of hydrogen-bond donors (Lipinski definition) is 1. The van der Waals surface area contributed by atoms with Crippen molar-refractivity contribution in [3.8, 4) is 0 Å². The molecule has 1 atom stereocenters. The molecule has 0 aromatic carbocycles. The van der Waals surface area contributed by atoms with Gasteiger partial charge in [0.15, 0.2) is 0 Å². The Hall–Kier alpha value is -1.60. The number of aromatic nitrogens is 1. The number of carbonyl (C=O) groups is 1. The van der Waals surface area contributed by atoms with Gasteiger partial charge >= 0.3 is 6.09 Å². The van der Waals surface area contributed by atoms with E-state index in [2.05, 4.69) is 9.38 Å². The number of pyridine rings is 1. The third kappa shape index (κ3) is 2.91. The zero-order chi connectivity index (χ0) is 17.5. The van der Waals surface area contributed by atoms with Crippen LogP contribution in [-0.4, -0.2) is 49.2 Å². The third-order valence-corrected chi connectivity index (χ3v) is 6.29. The van der Waals surface area contributed by atoms with Gasteiger partial charge in [-0.3, -0.25) is 4.98 Å². The number of rotatable bonds is 1. The molecule has 24 heavy (non-hydrogen) atoms. The third-order valence-electron chi connectivity index (χ3n) is 4.86. The van der Waals surface area contributed by atoms with Crippen LogP contribution in [0.3, 0.4) is 0 Å². The first-order valence-electron chi connectivity index (χ1n) is 8.16. The molecule has 1 N–H and O–H groups in total. The number of hydrogen-bond acceptors (Lipinski definition) is 4. The Labute approximate surface area is 145 Å². The highest BCUT2D eigenvalue weighted by atomic mass is 32.2. The summed E-state index contributed by atoms with van der Waals surface area (Å²) in [5, 5.41) is 9.21. The molecule has 1 saturated heterocycles. The second-order valence-electron chi connectivity index (χ2n) is 7.44. The number of nitrogens with zero attached hydrogens (tertiary/aromatic N) is 3. The zero-order valence-corrected chi connectivity index (χ0v) is 15.1. The molecule has 1 aromatic heterocycles. The molecule has 6 nitrogen and oxygen atoms in total. The van der Waals surface area contributed by atoms with Crippen molar-refractivity contribution in [2.24, 2.45) is 4.40 Å². The van der Waals surface area contributed by atoms with Crippen LogP contribution in [0.4, 0.5) is 4.79 Å². The van der Waals surface area contributed by atoms with Gasteiger partial charge in [-0.15, -0.1) is 0 Å². The molecule has 2 heterocycles. The van der Waals surface area contributed by atoms with Crippen LogP contribution in [0.15, 0.2) is 22.7 Å². The number of piperidine rings is 1. The van der Waals surface area contributed by atoms with E-state index in [4.69, 9.17) is 0 Å². The number of likely N-dealkylation sites (tertiary alicyclic amines) is 1.